The number of anilines is 6. The van der Waals surface area contributed by atoms with E-state index in [9.17, 15) is 10.5 Å². The zero-order valence-electron chi connectivity index (χ0n) is 30.8. The molecule has 0 fully saturated rings. The van der Waals surface area contributed by atoms with E-state index in [1.165, 1.54) is 22.3 Å². The van der Waals surface area contributed by atoms with Crippen molar-refractivity contribution in [3.05, 3.63) is 191 Å². The minimum Gasteiger partial charge on any atom is -0.310 e. The normalized spacial score (nSPS) is 14.5. The molecular formula is C50H38N4. The monoisotopic (exact) mass is 694 g/mol. The number of para-hydroxylation sites is 4. The molecule has 54 heavy (non-hydrogen) atoms. The fraction of sp³-hybridized carbons (Fsp3) is 0.120. The number of fused-ring (bicyclic) bond motifs is 4. The van der Waals surface area contributed by atoms with Gasteiger partial charge in [0.2, 0.25) is 0 Å². The molecule has 0 unspecified atom stereocenters. The molecule has 0 aromatic heterocycles. The highest BCUT2D eigenvalue weighted by Gasteiger charge is 2.37. The van der Waals surface area contributed by atoms with Crippen molar-refractivity contribution >= 4 is 34.1 Å². The van der Waals surface area contributed by atoms with E-state index < -0.39 is 0 Å². The number of hydrogen-bond acceptors (Lipinski definition) is 4. The molecule has 4 heteroatoms. The Hall–Kier alpha value is -6.88. The second-order valence-corrected chi connectivity index (χ2v) is 15.3. The smallest absolute Gasteiger partial charge is 0.0998 e. The summed E-state index contributed by atoms with van der Waals surface area (Å²) in [6.07, 6.45) is 0. The lowest BCUT2D eigenvalue weighted by atomic mass is 9.73. The maximum Gasteiger partial charge on any atom is 0.0998 e. The van der Waals surface area contributed by atoms with Gasteiger partial charge >= 0.3 is 0 Å². The van der Waals surface area contributed by atoms with Gasteiger partial charge in [0.15, 0.2) is 0 Å². The first-order valence-electron chi connectivity index (χ1n) is 18.4. The maximum atomic E-state index is 10.4. The van der Waals surface area contributed by atoms with Crippen molar-refractivity contribution in [2.75, 3.05) is 9.80 Å². The van der Waals surface area contributed by atoms with E-state index in [2.05, 4.69) is 195 Å². The predicted molar refractivity (Wildman–Crippen MR) is 220 cm³/mol. The van der Waals surface area contributed by atoms with Crippen molar-refractivity contribution in [3.63, 3.8) is 0 Å². The largest absolute Gasteiger partial charge is 0.310 e. The average Bonchev–Trinajstić information content (AvgIpc) is 3.21. The van der Waals surface area contributed by atoms with Crippen LogP contribution in [0.5, 0.6) is 0 Å². The quantitative estimate of drug-likeness (QED) is 0.184. The molecule has 9 rings (SSSR count). The SMILES string of the molecule is CC1(C)c2ccccc2N(c2ccc(-c3cc(C#N)c(-c4ccc(N5c6ccccc6C(C)(C)c6ccccc65)cc4)cc3C#N)cc2)c2ccccc21. The number of rotatable bonds is 4. The van der Waals surface area contributed by atoms with Crippen LogP contribution in [0.2, 0.25) is 0 Å². The van der Waals surface area contributed by atoms with Crippen molar-refractivity contribution in [2.45, 2.75) is 38.5 Å². The Bertz CT molecular complexity index is 2400. The molecule has 2 aliphatic rings. The van der Waals surface area contributed by atoms with Crippen molar-refractivity contribution < 1.29 is 0 Å². The lowest BCUT2D eigenvalue weighted by molar-refractivity contribution is 0.632. The van der Waals surface area contributed by atoms with Gasteiger partial charge in [-0.1, -0.05) is 125 Å². The summed E-state index contributed by atoms with van der Waals surface area (Å²) in [5.41, 5.74) is 15.8. The summed E-state index contributed by atoms with van der Waals surface area (Å²) >= 11 is 0. The fourth-order valence-corrected chi connectivity index (χ4v) is 8.74. The van der Waals surface area contributed by atoms with Gasteiger partial charge in [-0.2, -0.15) is 10.5 Å². The second kappa shape index (κ2) is 12.4. The maximum absolute atomic E-state index is 10.4. The predicted octanol–water partition coefficient (Wildman–Crippen LogP) is 13.0. The van der Waals surface area contributed by atoms with Crippen molar-refractivity contribution in [1.82, 2.24) is 0 Å². The lowest BCUT2D eigenvalue weighted by Crippen LogP contribution is -2.30. The summed E-state index contributed by atoms with van der Waals surface area (Å²) in [6, 6.07) is 59.7. The Kier molecular flexibility index (Phi) is 7.56. The number of nitrogens with zero attached hydrogens (tertiary/aromatic N) is 4. The zero-order valence-corrected chi connectivity index (χ0v) is 30.8. The minimum atomic E-state index is -0.136. The van der Waals surface area contributed by atoms with Gasteiger partial charge in [0.1, 0.15) is 0 Å². The lowest BCUT2D eigenvalue weighted by Gasteiger charge is -2.42. The Morgan fingerprint density at radius 1 is 0.389 bits per heavy atom. The Balaban J connectivity index is 1.07. The standard InChI is InChI=1S/C50H38N4/c1-49(2)41-13-5-9-17-45(41)53(46-18-10-6-14-42(46)49)37-25-21-33(22-26-37)39-29-36(32-52)40(30-35(39)31-51)34-23-27-38(28-24-34)54-47-19-11-7-15-43(47)50(3,4)44-16-8-12-20-48(44)54/h5-30H,1-4H3. The third kappa shape index (κ3) is 4.96. The highest BCUT2D eigenvalue weighted by Crippen LogP contribution is 2.53. The van der Waals surface area contributed by atoms with Gasteiger partial charge in [-0.3, -0.25) is 0 Å². The second-order valence-electron chi connectivity index (χ2n) is 15.3. The molecule has 2 heterocycles. The molecule has 258 valence electrons. The van der Waals surface area contributed by atoms with Crippen LogP contribution >= 0.6 is 0 Å². The summed E-state index contributed by atoms with van der Waals surface area (Å²) in [7, 11) is 0. The Morgan fingerprint density at radius 3 is 0.944 bits per heavy atom. The summed E-state index contributed by atoms with van der Waals surface area (Å²) in [5, 5.41) is 20.9. The third-order valence-electron chi connectivity index (χ3n) is 11.5. The molecule has 0 spiro atoms. The van der Waals surface area contributed by atoms with Crippen LogP contribution in [0.3, 0.4) is 0 Å². The molecule has 7 aromatic rings. The molecule has 0 radical (unpaired) electrons. The first-order chi connectivity index (χ1) is 26.2. The molecule has 0 amide bonds. The molecule has 4 nitrogen and oxygen atoms in total. The van der Waals surface area contributed by atoms with Crippen LogP contribution in [0.15, 0.2) is 158 Å². The number of nitriles is 2. The molecule has 0 saturated heterocycles. The molecule has 0 aliphatic carbocycles. The van der Waals surface area contributed by atoms with Crippen LogP contribution in [0.25, 0.3) is 22.3 Å². The highest BCUT2D eigenvalue weighted by atomic mass is 15.2. The average molecular weight is 695 g/mol. The number of benzene rings is 7. The molecule has 0 saturated carbocycles. The summed E-state index contributed by atoms with van der Waals surface area (Å²) in [5.74, 6) is 0. The van der Waals surface area contributed by atoms with E-state index in [0.29, 0.717) is 11.1 Å². The first-order valence-corrected chi connectivity index (χ1v) is 18.4. The summed E-state index contributed by atoms with van der Waals surface area (Å²) in [4.78, 5) is 4.64. The highest BCUT2D eigenvalue weighted by molar-refractivity contribution is 5.89. The number of hydrogen-bond donors (Lipinski definition) is 0. The molecular weight excluding hydrogens is 657 g/mol. The van der Waals surface area contributed by atoms with Gasteiger partial charge in [0.25, 0.3) is 0 Å². The molecule has 7 aromatic carbocycles. The molecule has 2 aliphatic heterocycles. The van der Waals surface area contributed by atoms with Gasteiger partial charge < -0.3 is 9.80 Å². The van der Waals surface area contributed by atoms with Crippen LogP contribution in [0.1, 0.15) is 61.1 Å². The minimum absolute atomic E-state index is 0.136. The summed E-state index contributed by atoms with van der Waals surface area (Å²) in [6.45, 7) is 9.14. The fourth-order valence-electron chi connectivity index (χ4n) is 8.74. The topological polar surface area (TPSA) is 54.1 Å². The van der Waals surface area contributed by atoms with Crippen LogP contribution in [-0.4, -0.2) is 0 Å². The van der Waals surface area contributed by atoms with Gasteiger partial charge in [-0.15, -0.1) is 0 Å². The van der Waals surface area contributed by atoms with E-state index in [0.717, 1.165) is 56.4 Å². The van der Waals surface area contributed by atoms with Crippen LogP contribution in [-0.2, 0) is 10.8 Å². The van der Waals surface area contributed by atoms with Gasteiger partial charge in [0.05, 0.1) is 46.0 Å². The molecule has 0 bridgehead atoms. The van der Waals surface area contributed by atoms with E-state index in [-0.39, 0.29) is 10.8 Å². The zero-order chi connectivity index (χ0) is 37.2. The Morgan fingerprint density at radius 2 is 0.667 bits per heavy atom. The van der Waals surface area contributed by atoms with Crippen LogP contribution in [0, 0.1) is 22.7 Å². The van der Waals surface area contributed by atoms with Gasteiger partial charge in [-0.05, 0) is 94.0 Å². The first kappa shape index (κ1) is 33.0. The Labute approximate surface area is 317 Å². The van der Waals surface area contributed by atoms with E-state index in [1.807, 2.05) is 12.1 Å². The van der Waals surface area contributed by atoms with Crippen molar-refractivity contribution in [2.24, 2.45) is 0 Å². The van der Waals surface area contributed by atoms with Gasteiger partial charge in [0, 0.05) is 33.3 Å². The van der Waals surface area contributed by atoms with Crippen molar-refractivity contribution in [1.29, 1.82) is 10.5 Å². The summed E-state index contributed by atoms with van der Waals surface area (Å²) < 4.78 is 0. The van der Waals surface area contributed by atoms with Crippen LogP contribution < -0.4 is 9.80 Å². The van der Waals surface area contributed by atoms with Crippen LogP contribution in [0.4, 0.5) is 34.1 Å². The van der Waals surface area contributed by atoms with E-state index in [1.54, 1.807) is 0 Å². The van der Waals surface area contributed by atoms with Gasteiger partial charge in [-0.25, -0.2) is 0 Å². The van der Waals surface area contributed by atoms with Crippen molar-refractivity contribution in [3.8, 4) is 34.4 Å². The van der Waals surface area contributed by atoms with E-state index in [4.69, 9.17) is 0 Å². The molecule has 0 N–H and O–H groups in total. The molecule has 0 atom stereocenters. The third-order valence-corrected chi connectivity index (χ3v) is 11.5. The van der Waals surface area contributed by atoms with E-state index >= 15 is 0 Å².